The molecule has 17 heavy (non-hydrogen) atoms. The Bertz CT molecular complexity index is 301. The molecule has 0 bridgehead atoms. The number of esters is 2. The van der Waals surface area contributed by atoms with Crippen molar-refractivity contribution >= 4 is 11.9 Å². The van der Waals surface area contributed by atoms with Crippen molar-refractivity contribution in [3.8, 4) is 0 Å². The maximum absolute atomic E-state index is 11.9. The van der Waals surface area contributed by atoms with E-state index in [1.54, 1.807) is 20.8 Å². The monoisotopic (exact) mass is 244 g/mol. The number of carbonyl (C=O) groups is 2. The lowest BCUT2D eigenvalue weighted by Gasteiger charge is -2.25. The van der Waals surface area contributed by atoms with Gasteiger partial charge in [0.25, 0.3) is 0 Å². The number of carbonyl (C=O) groups excluding carboxylic acids is 2. The highest BCUT2D eigenvalue weighted by Crippen LogP contribution is 2.40. The first-order valence-corrected chi connectivity index (χ1v) is 5.95. The first-order valence-electron chi connectivity index (χ1n) is 5.95. The van der Waals surface area contributed by atoms with Crippen LogP contribution in [0.15, 0.2) is 0 Å². The van der Waals surface area contributed by atoms with Gasteiger partial charge in [-0.3, -0.25) is 4.79 Å². The van der Waals surface area contributed by atoms with Gasteiger partial charge < -0.3 is 14.2 Å². The molecule has 1 aliphatic heterocycles. The van der Waals surface area contributed by atoms with Crippen LogP contribution in [0.1, 0.15) is 34.1 Å². The summed E-state index contributed by atoms with van der Waals surface area (Å²) in [4.78, 5) is 23.7. The molecule has 5 heteroatoms. The summed E-state index contributed by atoms with van der Waals surface area (Å²) in [7, 11) is 0. The number of ether oxygens (including phenoxy) is 3. The Hall–Kier alpha value is -1.10. The molecule has 0 radical (unpaired) electrons. The van der Waals surface area contributed by atoms with E-state index in [1.165, 1.54) is 0 Å². The molecular weight excluding hydrogens is 224 g/mol. The first-order chi connectivity index (χ1) is 7.95. The molecule has 0 saturated carbocycles. The molecule has 1 rings (SSSR count). The van der Waals surface area contributed by atoms with Crippen molar-refractivity contribution in [2.24, 2.45) is 5.41 Å². The topological polar surface area (TPSA) is 61.8 Å². The number of rotatable bonds is 4. The van der Waals surface area contributed by atoms with Crippen LogP contribution in [0.25, 0.3) is 0 Å². The van der Waals surface area contributed by atoms with Gasteiger partial charge in [-0.2, -0.15) is 0 Å². The molecule has 0 aromatic heterocycles. The van der Waals surface area contributed by atoms with Crippen LogP contribution in [0.2, 0.25) is 0 Å². The fourth-order valence-electron chi connectivity index (χ4n) is 2.15. The average molecular weight is 244 g/mol. The largest absolute Gasteiger partial charge is 0.465 e. The molecule has 1 heterocycles. The van der Waals surface area contributed by atoms with Crippen molar-refractivity contribution < 1.29 is 23.8 Å². The molecule has 98 valence electrons. The highest BCUT2D eigenvalue weighted by atomic mass is 16.6. The molecule has 1 saturated heterocycles. The standard InChI is InChI=1S/C12H20O5/c1-5-15-10(13)9-12(4,7-8(3)17-9)11(14)16-6-2/h8-9H,5-7H2,1-4H3/t8-,9-,12?/m1/s1. The summed E-state index contributed by atoms with van der Waals surface area (Å²) in [6.07, 6.45) is -0.551. The molecule has 0 aliphatic carbocycles. The molecule has 1 fully saturated rings. The van der Waals surface area contributed by atoms with E-state index in [4.69, 9.17) is 14.2 Å². The molecule has 0 amide bonds. The third kappa shape index (κ3) is 2.77. The summed E-state index contributed by atoms with van der Waals surface area (Å²) in [5.41, 5.74) is -0.943. The lowest BCUT2D eigenvalue weighted by atomic mass is 9.82. The van der Waals surface area contributed by atoms with Gasteiger partial charge in [-0.1, -0.05) is 0 Å². The van der Waals surface area contributed by atoms with Crippen LogP contribution in [0.4, 0.5) is 0 Å². The highest BCUT2D eigenvalue weighted by Gasteiger charge is 2.54. The summed E-state index contributed by atoms with van der Waals surface area (Å²) < 4.78 is 15.4. The van der Waals surface area contributed by atoms with E-state index in [0.29, 0.717) is 13.0 Å². The molecule has 0 spiro atoms. The van der Waals surface area contributed by atoms with Gasteiger partial charge in [-0.15, -0.1) is 0 Å². The zero-order valence-electron chi connectivity index (χ0n) is 10.8. The van der Waals surface area contributed by atoms with E-state index in [9.17, 15) is 9.59 Å². The minimum absolute atomic E-state index is 0.154. The second kappa shape index (κ2) is 5.49. The Balaban J connectivity index is 2.86. The van der Waals surface area contributed by atoms with Crippen LogP contribution in [0, 0.1) is 5.41 Å². The van der Waals surface area contributed by atoms with E-state index in [1.807, 2.05) is 6.92 Å². The van der Waals surface area contributed by atoms with E-state index in [2.05, 4.69) is 0 Å². The SMILES string of the molecule is CCOC(=O)[C@H]1O[C@H](C)CC1(C)C(=O)OCC. The Morgan fingerprint density at radius 2 is 1.88 bits per heavy atom. The van der Waals surface area contributed by atoms with Crippen LogP contribution in [0.5, 0.6) is 0 Å². The fraction of sp³-hybridized carbons (Fsp3) is 0.833. The summed E-state index contributed by atoms with van der Waals surface area (Å²) >= 11 is 0. The quantitative estimate of drug-likeness (QED) is 0.697. The Morgan fingerprint density at radius 3 is 2.41 bits per heavy atom. The van der Waals surface area contributed by atoms with E-state index < -0.39 is 23.5 Å². The summed E-state index contributed by atoms with van der Waals surface area (Å²) in [6.45, 7) is 7.54. The van der Waals surface area contributed by atoms with Gasteiger partial charge in [0.2, 0.25) is 0 Å². The van der Waals surface area contributed by atoms with Crippen molar-refractivity contribution in [3.05, 3.63) is 0 Å². The Kier molecular flexibility index (Phi) is 4.51. The molecule has 0 aromatic carbocycles. The Labute approximate surface area is 101 Å². The minimum Gasteiger partial charge on any atom is -0.465 e. The first kappa shape index (κ1) is 14.0. The highest BCUT2D eigenvalue weighted by molar-refractivity contribution is 5.87. The Morgan fingerprint density at radius 1 is 1.29 bits per heavy atom. The van der Waals surface area contributed by atoms with E-state index >= 15 is 0 Å². The van der Waals surface area contributed by atoms with Crippen molar-refractivity contribution in [1.82, 2.24) is 0 Å². The van der Waals surface area contributed by atoms with Crippen LogP contribution in [0.3, 0.4) is 0 Å². The summed E-state index contributed by atoms with van der Waals surface area (Å²) in [6, 6.07) is 0. The predicted octanol–water partition coefficient (Wildman–Crippen LogP) is 1.30. The molecule has 1 aliphatic rings. The molecular formula is C12H20O5. The van der Waals surface area contributed by atoms with Crippen molar-refractivity contribution in [1.29, 1.82) is 0 Å². The zero-order chi connectivity index (χ0) is 13.1. The van der Waals surface area contributed by atoms with Gasteiger partial charge in [-0.25, -0.2) is 4.79 Å². The third-order valence-corrected chi connectivity index (χ3v) is 2.90. The smallest absolute Gasteiger partial charge is 0.336 e. The molecule has 0 N–H and O–H groups in total. The van der Waals surface area contributed by atoms with Gasteiger partial charge >= 0.3 is 11.9 Å². The van der Waals surface area contributed by atoms with Crippen LogP contribution >= 0.6 is 0 Å². The molecule has 5 nitrogen and oxygen atoms in total. The fourth-order valence-corrected chi connectivity index (χ4v) is 2.15. The summed E-state index contributed by atoms with van der Waals surface area (Å²) in [5.74, 6) is -0.894. The van der Waals surface area contributed by atoms with Gasteiger partial charge in [-0.05, 0) is 34.1 Å². The van der Waals surface area contributed by atoms with Crippen molar-refractivity contribution in [3.63, 3.8) is 0 Å². The maximum Gasteiger partial charge on any atom is 0.336 e. The van der Waals surface area contributed by atoms with Crippen LogP contribution in [-0.2, 0) is 23.8 Å². The lowest BCUT2D eigenvalue weighted by Crippen LogP contribution is -2.43. The van der Waals surface area contributed by atoms with Crippen molar-refractivity contribution in [2.45, 2.75) is 46.3 Å². The van der Waals surface area contributed by atoms with Crippen molar-refractivity contribution in [2.75, 3.05) is 13.2 Å². The molecule has 0 aromatic rings. The second-order valence-electron chi connectivity index (χ2n) is 4.42. The van der Waals surface area contributed by atoms with Gasteiger partial charge in [0.1, 0.15) is 5.41 Å². The number of hydrogen-bond donors (Lipinski definition) is 0. The normalized spacial score (nSPS) is 32.2. The van der Waals surface area contributed by atoms with E-state index in [-0.39, 0.29) is 12.7 Å². The second-order valence-corrected chi connectivity index (χ2v) is 4.42. The summed E-state index contributed by atoms with van der Waals surface area (Å²) in [5, 5.41) is 0. The minimum atomic E-state index is -0.943. The third-order valence-electron chi connectivity index (χ3n) is 2.90. The zero-order valence-corrected chi connectivity index (χ0v) is 10.8. The van der Waals surface area contributed by atoms with Gasteiger partial charge in [0.05, 0.1) is 19.3 Å². The van der Waals surface area contributed by atoms with Gasteiger partial charge in [0, 0.05) is 0 Å². The van der Waals surface area contributed by atoms with E-state index in [0.717, 1.165) is 0 Å². The molecule has 3 atom stereocenters. The van der Waals surface area contributed by atoms with Crippen LogP contribution < -0.4 is 0 Å². The lowest BCUT2D eigenvalue weighted by molar-refractivity contribution is -0.171. The predicted molar refractivity (Wildman–Crippen MR) is 60.3 cm³/mol. The maximum atomic E-state index is 11.9. The number of hydrogen-bond acceptors (Lipinski definition) is 5. The van der Waals surface area contributed by atoms with Crippen LogP contribution in [-0.4, -0.2) is 37.4 Å². The average Bonchev–Trinajstić information content (AvgIpc) is 2.56. The van der Waals surface area contributed by atoms with Gasteiger partial charge in [0.15, 0.2) is 6.10 Å². The molecule has 1 unspecified atom stereocenters.